The minimum Gasteiger partial charge on any atom is -0.354 e. The third kappa shape index (κ3) is 3.35. The van der Waals surface area contributed by atoms with Crippen molar-refractivity contribution in [2.75, 3.05) is 6.54 Å². The molecule has 108 valence electrons. The molecule has 20 heavy (non-hydrogen) atoms. The van der Waals surface area contributed by atoms with Crippen molar-refractivity contribution < 1.29 is 14.0 Å². The van der Waals surface area contributed by atoms with E-state index in [0.717, 1.165) is 0 Å². The first-order valence-electron chi connectivity index (χ1n) is 6.79. The maximum Gasteiger partial charge on any atom is 0.225 e. The van der Waals surface area contributed by atoms with Gasteiger partial charge in [0.05, 0.1) is 5.92 Å². The van der Waals surface area contributed by atoms with Crippen molar-refractivity contribution in [3.63, 3.8) is 0 Å². The van der Waals surface area contributed by atoms with Crippen molar-refractivity contribution in [2.24, 2.45) is 5.92 Å². The van der Waals surface area contributed by atoms with Gasteiger partial charge in [0.1, 0.15) is 5.82 Å². The molecule has 0 bridgehead atoms. The lowest BCUT2D eigenvalue weighted by Crippen LogP contribution is -2.36. The molecule has 0 saturated carbocycles. The molecule has 1 aliphatic heterocycles. The minimum absolute atomic E-state index is 0.0539. The zero-order valence-corrected chi connectivity index (χ0v) is 11.7. The van der Waals surface area contributed by atoms with Gasteiger partial charge in [-0.05, 0) is 19.9 Å². The molecule has 0 aliphatic carbocycles. The normalized spacial score (nSPS) is 18.7. The Hall–Kier alpha value is -1.91. The van der Waals surface area contributed by atoms with Crippen molar-refractivity contribution >= 4 is 11.8 Å². The lowest BCUT2D eigenvalue weighted by atomic mass is 10.1. The van der Waals surface area contributed by atoms with E-state index in [0.29, 0.717) is 12.1 Å². The van der Waals surface area contributed by atoms with Crippen LogP contribution in [0.15, 0.2) is 24.3 Å². The van der Waals surface area contributed by atoms with E-state index in [4.69, 9.17) is 0 Å². The second kappa shape index (κ2) is 6.03. The highest BCUT2D eigenvalue weighted by atomic mass is 19.1. The van der Waals surface area contributed by atoms with Crippen LogP contribution in [0.4, 0.5) is 4.39 Å². The predicted molar refractivity (Wildman–Crippen MR) is 73.2 cm³/mol. The molecule has 2 amide bonds. The quantitative estimate of drug-likeness (QED) is 0.911. The van der Waals surface area contributed by atoms with E-state index in [1.807, 2.05) is 13.8 Å². The van der Waals surface area contributed by atoms with E-state index in [1.165, 1.54) is 6.07 Å². The molecule has 5 heteroatoms. The number of nitrogens with zero attached hydrogens (tertiary/aromatic N) is 1. The van der Waals surface area contributed by atoms with Crippen molar-refractivity contribution in [3.05, 3.63) is 35.6 Å². The lowest BCUT2D eigenvalue weighted by molar-refractivity contribution is -0.129. The van der Waals surface area contributed by atoms with Gasteiger partial charge < -0.3 is 10.2 Å². The first kappa shape index (κ1) is 14.5. The fourth-order valence-corrected chi connectivity index (χ4v) is 2.34. The minimum atomic E-state index is -0.336. The summed E-state index contributed by atoms with van der Waals surface area (Å²) in [4.78, 5) is 25.4. The second-order valence-electron chi connectivity index (χ2n) is 5.43. The molecule has 4 nitrogen and oxygen atoms in total. The van der Waals surface area contributed by atoms with Gasteiger partial charge in [0, 0.05) is 31.1 Å². The predicted octanol–water partition coefficient (Wildman–Crippen LogP) is 1.70. The van der Waals surface area contributed by atoms with Gasteiger partial charge in [0.15, 0.2) is 0 Å². The van der Waals surface area contributed by atoms with Gasteiger partial charge in [-0.15, -0.1) is 0 Å². The third-order valence-electron chi connectivity index (χ3n) is 3.34. The molecule has 2 rings (SSSR count). The zero-order valence-electron chi connectivity index (χ0n) is 11.7. The van der Waals surface area contributed by atoms with Crippen molar-refractivity contribution in [1.82, 2.24) is 10.2 Å². The molecule has 0 spiro atoms. The number of amides is 2. The van der Waals surface area contributed by atoms with E-state index in [2.05, 4.69) is 5.32 Å². The number of carbonyl (C=O) groups is 2. The summed E-state index contributed by atoms with van der Waals surface area (Å²) in [5, 5.41) is 2.81. The molecule has 1 aromatic carbocycles. The second-order valence-corrected chi connectivity index (χ2v) is 5.43. The summed E-state index contributed by atoms with van der Waals surface area (Å²) < 4.78 is 13.6. The van der Waals surface area contributed by atoms with Gasteiger partial charge in [0.25, 0.3) is 0 Å². The SMILES string of the molecule is CC(C)NC(=O)C1CC(=O)N(Cc2ccccc2F)C1. The molecule has 1 aliphatic rings. The molecule has 1 unspecified atom stereocenters. The fourth-order valence-electron chi connectivity index (χ4n) is 2.34. The largest absolute Gasteiger partial charge is 0.354 e. The molecule has 1 fully saturated rings. The first-order valence-corrected chi connectivity index (χ1v) is 6.79. The zero-order chi connectivity index (χ0) is 14.7. The maximum atomic E-state index is 13.6. The summed E-state index contributed by atoms with van der Waals surface area (Å²) in [6, 6.07) is 6.44. The van der Waals surface area contributed by atoms with Crippen LogP contribution in [0.25, 0.3) is 0 Å². The van der Waals surface area contributed by atoms with Crippen LogP contribution in [-0.2, 0) is 16.1 Å². The average molecular weight is 278 g/mol. The van der Waals surface area contributed by atoms with E-state index in [9.17, 15) is 14.0 Å². The van der Waals surface area contributed by atoms with Crippen LogP contribution in [-0.4, -0.2) is 29.3 Å². The summed E-state index contributed by atoms with van der Waals surface area (Å²) in [6.45, 7) is 4.33. The van der Waals surface area contributed by atoms with Gasteiger partial charge >= 0.3 is 0 Å². The van der Waals surface area contributed by atoms with Crippen molar-refractivity contribution in [3.8, 4) is 0 Å². The van der Waals surface area contributed by atoms with Crippen molar-refractivity contribution in [1.29, 1.82) is 0 Å². The summed E-state index contributed by atoms with van der Waals surface area (Å²) in [7, 11) is 0. The Labute approximate surface area is 118 Å². The number of benzene rings is 1. The van der Waals surface area contributed by atoms with Crippen LogP contribution in [0.5, 0.6) is 0 Å². The smallest absolute Gasteiger partial charge is 0.225 e. The molecule has 1 N–H and O–H groups in total. The summed E-state index contributed by atoms with van der Waals surface area (Å²) >= 11 is 0. The number of carbonyl (C=O) groups excluding carboxylic acids is 2. The lowest BCUT2D eigenvalue weighted by Gasteiger charge is -2.17. The topological polar surface area (TPSA) is 49.4 Å². The Morgan fingerprint density at radius 1 is 1.45 bits per heavy atom. The molecule has 1 aromatic rings. The summed E-state index contributed by atoms with van der Waals surface area (Å²) in [5.41, 5.74) is 0.478. The molecular formula is C15H19FN2O2. The average Bonchev–Trinajstić information content (AvgIpc) is 2.73. The Bertz CT molecular complexity index is 516. The van der Waals surface area contributed by atoms with Crippen LogP contribution < -0.4 is 5.32 Å². The van der Waals surface area contributed by atoms with Crippen LogP contribution >= 0.6 is 0 Å². The van der Waals surface area contributed by atoms with Crippen LogP contribution in [0.1, 0.15) is 25.8 Å². The number of likely N-dealkylation sites (tertiary alicyclic amines) is 1. The van der Waals surface area contributed by atoms with Crippen LogP contribution in [0.3, 0.4) is 0 Å². The maximum absolute atomic E-state index is 13.6. The molecule has 0 radical (unpaired) electrons. The molecule has 1 atom stereocenters. The van der Waals surface area contributed by atoms with Gasteiger partial charge in [-0.3, -0.25) is 9.59 Å². The Morgan fingerprint density at radius 2 is 2.15 bits per heavy atom. The Kier molecular flexibility index (Phi) is 4.37. The highest BCUT2D eigenvalue weighted by molar-refractivity contribution is 5.89. The summed E-state index contributed by atoms with van der Waals surface area (Å²) in [5.74, 6) is -0.867. The third-order valence-corrected chi connectivity index (χ3v) is 3.34. The van der Waals surface area contributed by atoms with E-state index in [1.54, 1.807) is 23.1 Å². The van der Waals surface area contributed by atoms with Gasteiger partial charge in [-0.2, -0.15) is 0 Å². The highest BCUT2D eigenvalue weighted by Crippen LogP contribution is 2.21. The standard InChI is InChI=1S/C15H19FN2O2/c1-10(2)17-15(20)12-7-14(19)18(9-12)8-11-5-3-4-6-13(11)16/h3-6,10,12H,7-9H2,1-2H3,(H,17,20). The molecule has 1 heterocycles. The molecular weight excluding hydrogens is 259 g/mol. The first-order chi connectivity index (χ1) is 9.47. The molecule has 1 saturated heterocycles. The number of halogens is 1. The van der Waals surface area contributed by atoms with Gasteiger partial charge in [0.2, 0.25) is 11.8 Å². The van der Waals surface area contributed by atoms with E-state index < -0.39 is 0 Å². The number of hydrogen-bond donors (Lipinski definition) is 1. The Balaban J connectivity index is 2.00. The Morgan fingerprint density at radius 3 is 2.80 bits per heavy atom. The van der Waals surface area contributed by atoms with Crippen molar-refractivity contribution in [2.45, 2.75) is 32.9 Å². The highest BCUT2D eigenvalue weighted by Gasteiger charge is 2.34. The van der Waals surface area contributed by atoms with Gasteiger partial charge in [-0.1, -0.05) is 18.2 Å². The fraction of sp³-hybridized carbons (Fsp3) is 0.467. The van der Waals surface area contributed by atoms with E-state index >= 15 is 0 Å². The van der Waals surface area contributed by atoms with Gasteiger partial charge in [-0.25, -0.2) is 4.39 Å². The monoisotopic (exact) mass is 278 g/mol. The number of rotatable bonds is 4. The number of hydrogen-bond acceptors (Lipinski definition) is 2. The molecule has 0 aromatic heterocycles. The van der Waals surface area contributed by atoms with E-state index in [-0.39, 0.29) is 42.6 Å². The summed E-state index contributed by atoms with van der Waals surface area (Å²) in [6.07, 6.45) is 0.201. The van der Waals surface area contributed by atoms with Crippen LogP contribution in [0, 0.1) is 11.7 Å². The number of nitrogens with one attached hydrogen (secondary N) is 1. The van der Waals surface area contributed by atoms with Crippen LogP contribution in [0.2, 0.25) is 0 Å².